The number of aromatic nitrogens is 1. The molecule has 0 atom stereocenters. The number of aryl methyl sites for hydroxylation is 2. The Morgan fingerprint density at radius 1 is 1.22 bits per heavy atom. The summed E-state index contributed by atoms with van der Waals surface area (Å²) in [5.74, 6) is 0.549. The number of carbonyl (C=O) groups is 1. The van der Waals surface area contributed by atoms with Crippen LogP contribution in [0.5, 0.6) is 0 Å². The molecule has 0 spiro atoms. The Kier molecular flexibility index (Phi) is 3.72. The Hall–Kier alpha value is -2.16. The van der Waals surface area contributed by atoms with Gasteiger partial charge < -0.3 is 5.32 Å². The molecule has 2 rings (SSSR count). The van der Waals surface area contributed by atoms with Gasteiger partial charge in [-0.25, -0.2) is 4.98 Å². The molecule has 2 aromatic rings. The van der Waals surface area contributed by atoms with Gasteiger partial charge in [-0.1, -0.05) is 29.8 Å². The first-order valence-corrected chi connectivity index (χ1v) is 5.92. The molecule has 1 aromatic carbocycles. The van der Waals surface area contributed by atoms with Crippen LogP contribution in [0.1, 0.15) is 16.7 Å². The lowest BCUT2D eigenvalue weighted by atomic mass is 10.0. The average Bonchev–Trinajstić information content (AvgIpc) is 2.34. The maximum Gasteiger partial charge on any atom is 0.229 e. The molecule has 0 bridgehead atoms. The topological polar surface area (TPSA) is 42.0 Å². The smallest absolute Gasteiger partial charge is 0.229 e. The lowest BCUT2D eigenvalue weighted by molar-refractivity contribution is -0.115. The minimum Gasteiger partial charge on any atom is -0.310 e. The number of nitrogens with one attached hydrogen (secondary N) is 1. The fourth-order valence-electron chi connectivity index (χ4n) is 1.84. The number of carbonyl (C=O) groups excluding carboxylic acids is 1. The van der Waals surface area contributed by atoms with Crippen molar-refractivity contribution in [2.24, 2.45) is 0 Å². The van der Waals surface area contributed by atoms with Gasteiger partial charge >= 0.3 is 0 Å². The molecule has 1 aromatic heterocycles. The second-order valence-corrected chi connectivity index (χ2v) is 4.37. The maximum absolute atomic E-state index is 11.9. The summed E-state index contributed by atoms with van der Waals surface area (Å²) in [6, 6.07) is 11.6. The van der Waals surface area contributed by atoms with Crippen molar-refractivity contribution < 1.29 is 4.79 Å². The van der Waals surface area contributed by atoms with Crippen molar-refractivity contribution in [1.82, 2.24) is 4.98 Å². The van der Waals surface area contributed by atoms with Gasteiger partial charge in [0.2, 0.25) is 5.91 Å². The summed E-state index contributed by atoms with van der Waals surface area (Å²) >= 11 is 0. The zero-order valence-electron chi connectivity index (χ0n) is 10.6. The van der Waals surface area contributed by atoms with Crippen LogP contribution >= 0.6 is 0 Å². The van der Waals surface area contributed by atoms with Crippen molar-refractivity contribution in [2.45, 2.75) is 20.3 Å². The Bertz CT molecular complexity index is 550. The zero-order valence-corrected chi connectivity index (χ0v) is 10.6. The molecule has 3 heteroatoms. The summed E-state index contributed by atoms with van der Waals surface area (Å²) in [6.45, 7) is 4.07. The van der Waals surface area contributed by atoms with Gasteiger partial charge in [-0.05, 0) is 37.1 Å². The van der Waals surface area contributed by atoms with E-state index in [4.69, 9.17) is 0 Å². The predicted octanol–water partition coefficient (Wildman–Crippen LogP) is 2.88. The molecule has 3 nitrogen and oxygen atoms in total. The van der Waals surface area contributed by atoms with Crippen LogP contribution in [0.2, 0.25) is 0 Å². The summed E-state index contributed by atoms with van der Waals surface area (Å²) < 4.78 is 0. The van der Waals surface area contributed by atoms with E-state index < -0.39 is 0 Å². The molecule has 0 fully saturated rings. The third-order valence-electron chi connectivity index (χ3n) is 2.78. The number of hydrogen-bond donors (Lipinski definition) is 1. The van der Waals surface area contributed by atoms with E-state index in [1.165, 1.54) is 5.56 Å². The van der Waals surface area contributed by atoms with Gasteiger partial charge in [0.15, 0.2) is 0 Å². The van der Waals surface area contributed by atoms with Crippen LogP contribution in [0.4, 0.5) is 5.82 Å². The Balaban J connectivity index is 2.03. The van der Waals surface area contributed by atoms with E-state index in [1.807, 2.05) is 38.1 Å². The van der Waals surface area contributed by atoms with Gasteiger partial charge in [-0.15, -0.1) is 0 Å². The van der Waals surface area contributed by atoms with Crippen molar-refractivity contribution >= 4 is 11.7 Å². The first kappa shape index (κ1) is 12.3. The second-order valence-electron chi connectivity index (χ2n) is 4.37. The minimum absolute atomic E-state index is 0.0411. The lowest BCUT2D eigenvalue weighted by Crippen LogP contribution is -2.15. The minimum atomic E-state index is -0.0411. The average molecular weight is 240 g/mol. The molecule has 0 aliphatic rings. The fourth-order valence-corrected chi connectivity index (χ4v) is 1.84. The number of nitrogens with zero attached hydrogens (tertiary/aromatic N) is 1. The van der Waals surface area contributed by atoms with Gasteiger partial charge in [0.25, 0.3) is 0 Å². The van der Waals surface area contributed by atoms with E-state index in [-0.39, 0.29) is 5.91 Å². The summed E-state index contributed by atoms with van der Waals surface area (Å²) in [5, 5.41) is 2.78. The number of anilines is 1. The van der Waals surface area contributed by atoms with Gasteiger partial charge in [0, 0.05) is 6.20 Å². The molecule has 1 N–H and O–H groups in total. The molecule has 0 radical (unpaired) electrons. The third-order valence-corrected chi connectivity index (χ3v) is 2.78. The predicted molar refractivity (Wildman–Crippen MR) is 72.5 cm³/mol. The number of rotatable bonds is 3. The summed E-state index contributed by atoms with van der Waals surface area (Å²) in [7, 11) is 0. The van der Waals surface area contributed by atoms with Crippen LogP contribution in [0.15, 0.2) is 42.6 Å². The van der Waals surface area contributed by atoms with Crippen LogP contribution in [0.25, 0.3) is 0 Å². The molecule has 0 saturated carbocycles. The highest BCUT2D eigenvalue weighted by atomic mass is 16.1. The highest BCUT2D eigenvalue weighted by Gasteiger charge is 2.06. The van der Waals surface area contributed by atoms with Crippen molar-refractivity contribution in [3.8, 4) is 0 Å². The van der Waals surface area contributed by atoms with Crippen LogP contribution in [-0.4, -0.2) is 10.9 Å². The van der Waals surface area contributed by atoms with Crippen LogP contribution in [0.3, 0.4) is 0 Å². The van der Waals surface area contributed by atoms with Crippen molar-refractivity contribution in [2.75, 3.05) is 5.32 Å². The summed E-state index contributed by atoms with van der Waals surface area (Å²) in [6.07, 6.45) is 2.04. The van der Waals surface area contributed by atoms with E-state index in [0.29, 0.717) is 12.2 Å². The zero-order chi connectivity index (χ0) is 13.0. The first-order chi connectivity index (χ1) is 8.65. The van der Waals surface area contributed by atoms with Crippen LogP contribution < -0.4 is 5.32 Å². The van der Waals surface area contributed by atoms with E-state index in [9.17, 15) is 4.79 Å². The normalized spacial score (nSPS) is 10.1. The molecule has 1 amide bonds. The largest absolute Gasteiger partial charge is 0.310 e. The first-order valence-electron chi connectivity index (χ1n) is 5.92. The van der Waals surface area contributed by atoms with Gasteiger partial charge in [0.05, 0.1) is 6.42 Å². The molecular formula is C15H16N2O. The number of benzene rings is 1. The quantitative estimate of drug-likeness (QED) is 0.896. The molecule has 18 heavy (non-hydrogen) atoms. The van der Waals surface area contributed by atoms with Gasteiger partial charge in [-0.2, -0.15) is 0 Å². The maximum atomic E-state index is 11.9. The second kappa shape index (κ2) is 5.45. The molecule has 1 heterocycles. The highest BCUT2D eigenvalue weighted by Crippen LogP contribution is 2.12. The standard InChI is InChI=1S/C15H16N2O/c1-11-6-7-13(12(2)9-11)10-15(18)17-14-5-3-4-8-16-14/h3-9H,10H2,1-2H3,(H,16,17,18). The van der Waals surface area contributed by atoms with Gasteiger partial charge in [0.1, 0.15) is 5.82 Å². The number of pyridine rings is 1. The van der Waals surface area contributed by atoms with Crippen molar-refractivity contribution in [3.05, 3.63) is 59.3 Å². The van der Waals surface area contributed by atoms with Gasteiger partial charge in [-0.3, -0.25) is 4.79 Å². The van der Waals surface area contributed by atoms with Crippen LogP contribution in [0, 0.1) is 13.8 Å². The van der Waals surface area contributed by atoms with Crippen molar-refractivity contribution in [1.29, 1.82) is 0 Å². The lowest BCUT2D eigenvalue weighted by Gasteiger charge is -2.07. The monoisotopic (exact) mass is 240 g/mol. The number of hydrogen-bond acceptors (Lipinski definition) is 2. The SMILES string of the molecule is Cc1ccc(CC(=O)Nc2ccccn2)c(C)c1. The summed E-state index contributed by atoms with van der Waals surface area (Å²) in [4.78, 5) is 15.9. The van der Waals surface area contributed by atoms with Crippen LogP contribution in [-0.2, 0) is 11.2 Å². The fraction of sp³-hybridized carbons (Fsp3) is 0.200. The van der Waals surface area contributed by atoms with E-state index in [2.05, 4.69) is 16.4 Å². The Morgan fingerprint density at radius 3 is 2.72 bits per heavy atom. The molecule has 0 aliphatic heterocycles. The molecule has 0 unspecified atom stereocenters. The molecular weight excluding hydrogens is 224 g/mol. The summed E-state index contributed by atoms with van der Waals surface area (Å²) in [5.41, 5.74) is 3.40. The molecule has 0 aliphatic carbocycles. The molecule has 92 valence electrons. The molecule has 0 saturated heterocycles. The Labute approximate surface area is 107 Å². The number of amides is 1. The Morgan fingerprint density at radius 2 is 2.06 bits per heavy atom. The van der Waals surface area contributed by atoms with E-state index >= 15 is 0 Å². The third kappa shape index (κ3) is 3.17. The highest BCUT2D eigenvalue weighted by molar-refractivity contribution is 5.91. The van der Waals surface area contributed by atoms with Crippen molar-refractivity contribution in [3.63, 3.8) is 0 Å². The van der Waals surface area contributed by atoms with E-state index in [0.717, 1.165) is 11.1 Å². The van der Waals surface area contributed by atoms with E-state index in [1.54, 1.807) is 12.3 Å².